The molecule has 2 N–H and O–H groups in total. The third kappa shape index (κ3) is 9.67. The summed E-state index contributed by atoms with van der Waals surface area (Å²) in [4.78, 5) is 10.8. The van der Waals surface area contributed by atoms with Crippen molar-refractivity contribution in [3.63, 3.8) is 0 Å². The standard InChI is InChI=1S/C27H49O4P/c1-7-12-16-22(6)27(28,11-5)31-32(29)30-26-24(18-14-9-3)20-23(17-13-8-2)21-25(26)19-15-10-4/h20-22,28-29H,7-19H2,1-6H3. The highest BCUT2D eigenvalue weighted by atomic mass is 31.2. The summed E-state index contributed by atoms with van der Waals surface area (Å²) >= 11 is 0. The fourth-order valence-corrected chi connectivity index (χ4v) is 5.05. The molecule has 1 rings (SSSR count). The number of hydrogen-bond donors (Lipinski definition) is 2. The predicted molar refractivity (Wildman–Crippen MR) is 137 cm³/mol. The second-order valence-corrected chi connectivity index (χ2v) is 10.1. The SMILES string of the molecule is CCCCc1cc(CCCC)c(OP(O)OC(O)(CC)C(C)CCCC)c(CCCC)c1. The second kappa shape index (κ2) is 16.0. The number of aryl methyl sites for hydroxylation is 3. The molecule has 0 aliphatic heterocycles. The zero-order valence-corrected chi connectivity index (χ0v) is 22.5. The second-order valence-electron chi connectivity index (χ2n) is 9.22. The van der Waals surface area contributed by atoms with E-state index < -0.39 is 14.4 Å². The van der Waals surface area contributed by atoms with Crippen LogP contribution in [-0.2, 0) is 23.8 Å². The van der Waals surface area contributed by atoms with E-state index in [1.807, 2.05) is 13.8 Å². The van der Waals surface area contributed by atoms with Crippen LogP contribution in [0.1, 0.15) is 122 Å². The van der Waals surface area contributed by atoms with Crippen LogP contribution in [0.2, 0.25) is 0 Å². The molecule has 3 unspecified atom stereocenters. The fraction of sp³-hybridized carbons (Fsp3) is 0.778. The summed E-state index contributed by atoms with van der Waals surface area (Å²) in [6, 6.07) is 4.52. The van der Waals surface area contributed by atoms with Crippen LogP contribution >= 0.6 is 8.60 Å². The normalized spacial score (nSPS) is 15.4. The average molecular weight is 469 g/mol. The Bertz CT molecular complexity index is 607. The lowest BCUT2D eigenvalue weighted by molar-refractivity contribution is -0.181. The van der Waals surface area contributed by atoms with Crippen LogP contribution in [0.25, 0.3) is 0 Å². The molecule has 0 radical (unpaired) electrons. The van der Waals surface area contributed by atoms with Crippen molar-refractivity contribution in [3.05, 3.63) is 28.8 Å². The van der Waals surface area contributed by atoms with Crippen LogP contribution in [0.5, 0.6) is 5.75 Å². The van der Waals surface area contributed by atoms with Gasteiger partial charge in [-0.15, -0.1) is 0 Å². The van der Waals surface area contributed by atoms with Gasteiger partial charge in [-0.05, 0) is 68.1 Å². The minimum atomic E-state index is -2.23. The smallest absolute Gasteiger partial charge is 0.397 e. The van der Waals surface area contributed by atoms with Crippen LogP contribution in [0.4, 0.5) is 0 Å². The maximum Gasteiger partial charge on any atom is 0.397 e. The van der Waals surface area contributed by atoms with Crippen LogP contribution in [-0.4, -0.2) is 15.8 Å². The third-order valence-electron chi connectivity index (χ3n) is 6.39. The predicted octanol–water partition coefficient (Wildman–Crippen LogP) is 8.25. The molecule has 3 atom stereocenters. The average Bonchev–Trinajstić information content (AvgIpc) is 2.79. The summed E-state index contributed by atoms with van der Waals surface area (Å²) in [7, 11) is -2.23. The molecular weight excluding hydrogens is 419 g/mol. The van der Waals surface area contributed by atoms with Gasteiger partial charge in [0.2, 0.25) is 0 Å². The molecule has 0 aliphatic carbocycles. The van der Waals surface area contributed by atoms with Crippen molar-refractivity contribution in [3.8, 4) is 5.75 Å². The van der Waals surface area contributed by atoms with Crippen molar-refractivity contribution < 1.29 is 19.0 Å². The van der Waals surface area contributed by atoms with Crippen LogP contribution < -0.4 is 4.52 Å². The molecule has 0 heterocycles. The zero-order valence-electron chi connectivity index (χ0n) is 21.6. The van der Waals surface area contributed by atoms with Gasteiger partial charge in [-0.3, -0.25) is 4.52 Å². The molecule has 1 aromatic carbocycles. The summed E-state index contributed by atoms with van der Waals surface area (Å²) in [6.07, 6.45) is 13.0. The summed E-state index contributed by atoms with van der Waals surface area (Å²) in [5, 5.41) is 11.1. The molecule has 4 nitrogen and oxygen atoms in total. The third-order valence-corrected chi connectivity index (χ3v) is 7.20. The highest BCUT2D eigenvalue weighted by Crippen LogP contribution is 2.46. The van der Waals surface area contributed by atoms with E-state index in [2.05, 4.69) is 39.8 Å². The lowest BCUT2D eigenvalue weighted by Crippen LogP contribution is -2.37. The maximum atomic E-state index is 11.1. The number of rotatable bonds is 18. The molecule has 5 heteroatoms. The Morgan fingerprint density at radius 3 is 1.81 bits per heavy atom. The Morgan fingerprint density at radius 2 is 1.34 bits per heavy atom. The Labute approximate surface area is 199 Å². The first-order valence-corrected chi connectivity index (χ1v) is 14.2. The summed E-state index contributed by atoms with van der Waals surface area (Å²) in [5.41, 5.74) is 3.68. The van der Waals surface area contributed by atoms with E-state index >= 15 is 0 Å². The highest BCUT2D eigenvalue weighted by molar-refractivity contribution is 7.41. The molecule has 0 bridgehead atoms. The molecule has 0 spiro atoms. The number of aliphatic hydroxyl groups is 1. The van der Waals surface area contributed by atoms with Crippen molar-refractivity contribution in [1.82, 2.24) is 0 Å². The van der Waals surface area contributed by atoms with E-state index in [1.54, 1.807) is 0 Å². The Hall–Kier alpha value is -0.670. The Morgan fingerprint density at radius 1 is 0.844 bits per heavy atom. The molecule has 0 amide bonds. The molecule has 32 heavy (non-hydrogen) atoms. The van der Waals surface area contributed by atoms with Gasteiger partial charge in [0.25, 0.3) is 0 Å². The monoisotopic (exact) mass is 468 g/mol. The van der Waals surface area contributed by atoms with E-state index in [0.717, 1.165) is 81.1 Å². The minimum Gasteiger partial charge on any atom is -0.426 e. The lowest BCUT2D eigenvalue weighted by atomic mass is 9.93. The molecule has 0 aliphatic rings. The van der Waals surface area contributed by atoms with Crippen LogP contribution in [0.15, 0.2) is 12.1 Å². The maximum absolute atomic E-state index is 11.1. The van der Waals surface area contributed by atoms with Gasteiger partial charge in [-0.25, -0.2) is 0 Å². The molecule has 0 fully saturated rings. The fourth-order valence-electron chi connectivity index (χ4n) is 4.05. The van der Waals surface area contributed by atoms with Gasteiger partial charge >= 0.3 is 8.60 Å². The van der Waals surface area contributed by atoms with Crippen LogP contribution in [0, 0.1) is 5.92 Å². The molecule has 186 valence electrons. The Balaban J connectivity index is 3.16. The number of hydrogen-bond acceptors (Lipinski definition) is 4. The Kier molecular flexibility index (Phi) is 14.7. The number of benzene rings is 1. The lowest BCUT2D eigenvalue weighted by Gasteiger charge is -2.34. The van der Waals surface area contributed by atoms with Crippen molar-refractivity contribution >= 4 is 8.60 Å². The number of unbranched alkanes of at least 4 members (excludes halogenated alkanes) is 4. The van der Waals surface area contributed by atoms with E-state index in [0.29, 0.717) is 6.42 Å². The van der Waals surface area contributed by atoms with E-state index in [9.17, 15) is 10.00 Å². The van der Waals surface area contributed by atoms with Gasteiger partial charge in [-0.2, -0.15) is 0 Å². The van der Waals surface area contributed by atoms with Gasteiger partial charge in [0, 0.05) is 5.92 Å². The summed E-state index contributed by atoms with van der Waals surface area (Å²) in [6.45, 7) is 12.6. The molecule has 0 saturated carbocycles. The van der Waals surface area contributed by atoms with Crippen LogP contribution in [0.3, 0.4) is 0 Å². The molecule has 1 aromatic rings. The highest BCUT2D eigenvalue weighted by Gasteiger charge is 2.37. The van der Waals surface area contributed by atoms with Gasteiger partial charge < -0.3 is 14.5 Å². The molecule has 0 saturated heterocycles. The van der Waals surface area contributed by atoms with Gasteiger partial charge in [-0.1, -0.05) is 85.8 Å². The summed E-state index contributed by atoms with van der Waals surface area (Å²) in [5.74, 6) is -0.659. The van der Waals surface area contributed by atoms with Crippen molar-refractivity contribution in [1.29, 1.82) is 0 Å². The quantitative estimate of drug-likeness (QED) is 0.168. The van der Waals surface area contributed by atoms with Gasteiger partial charge in [0.05, 0.1) is 0 Å². The first-order chi connectivity index (χ1) is 15.3. The first kappa shape index (κ1) is 29.4. The van der Waals surface area contributed by atoms with E-state index in [4.69, 9.17) is 9.05 Å². The van der Waals surface area contributed by atoms with E-state index in [1.165, 1.54) is 18.4 Å². The van der Waals surface area contributed by atoms with Crippen molar-refractivity contribution in [2.45, 2.75) is 131 Å². The van der Waals surface area contributed by atoms with Gasteiger partial charge in [0.1, 0.15) is 5.75 Å². The van der Waals surface area contributed by atoms with E-state index in [-0.39, 0.29) is 5.92 Å². The van der Waals surface area contributed by atoms with Crippen molar-refractivity contribution in [2.24, 2.45) is 5.92 Å². The molecular formula is C27H49O4P. The van der Waals surface area contributed by atoms with Gasteiger partial charge in [0.15, 0.2) is 5.79 Å². The first-order valence-electron chi connectivity index (χ1n) is 13.1. The molecule has 0 aromatic heterocycles. The topological polar surface area (TPSA) is 58.9 Å². The minimum absolute atomic E-state index is 0.0660. The summed E-state index contributed by atoms with van der Waals surface area (Å²) < 4.78 is 11.9. The largest absolute Gasteiger partial charge is 0.426 e. The van der Waals surface area contributed by atoms with Crippen molar-refractivity contribution in [2.75, 3.05) is 0 Å². The zero-order chi connectivity index (χ0) is 24.0.